The fourth-order valence-electron chi connectivity index (χ4n) is 8.45. The van der Waals surface area contributed by atoms with Crippen LogP contribution in [0.4, 0.5) is 9.59 Å². The summed E-state index contributed by atoms with van der Waals surface area (Å²) in [7, 11) is -1.30. The van der Waals surface area contributed by atoms with E-state index in [1.54, 1.807) is 30.3 Å². The third kappa shape index (κ3) is 8.13. The highest BCUT2D eigenvalue weighted by Crippen LogP contribution is 2.59. The molecule has 9 nitrogen and oxygen atoms in total. The second kappa shape index (κ2) is 15.4. The molecule has 47 heavy (non-hydrogen) atoms. The van der Waals surface area contributed by atoms with Crippen molar-refractivity contribution in [3.05, 3.63) is 65.3 Å². The lowest BCUT2D eigenvalue weighted by atomic mass is 9.61. The van der Waals surface area contributed by atoms with Crippen LogP contribution in [-0.2, 0) is 28.8 Å². The minimum absolute atomic E-state index is 0.0983. The van der Waals surface area contributed by atoms with Crippen molar-refractivity contribution in [1.82, 2.24) is 0 Å². The maximum Gasteiger partial charge on any atom is 0.508 e. The van der Waals surface area contributed by atoms with E-state index in [0.717, 1.165) is 36.8 Å². The molecule has 0 aromatic heterocycles. The molecule has 10 heteroatoms. The minimum atomic E-state index is -3.80. The topological polar surface area (TPSA) is 125 Å². The van der Waals surface area contributed by atoms with E-state index >= 15 is 0 Å². The Morgan fingerprint density at radius 1 is 1.02 bits per heavy atom. The molecule has 0 spiro atoms. The number of hydrogen-bond acceptors (Lipinski definition) is 9. The summed E-state index contributed by atoms with van der Waals surface area (Å²) in [6, 6.07) is 8.53. The molecule has 0 radical (unpaired) electrons. The van der Waals surface area contributed by atoms with Crippen LogP contribution in [0.15, 0.2) is 70.2 Å². The van der Waals surface area contributed by atoms with Crippen LogP contribution in [0.5, 0.6) is 0 Å². The van der Waals surface area contributed by atoms with Gasteiger partial charge in [-0.15, -0.1) is 0 Å². The molecule has 8 atom stereocenters. The van der Waals surface area contributed by atoms with Crippen molar-refractivity contribution >= 4 is 22.1 Å². The molecule has 260 valence electrons. The summed E-state index contributed by atoms with van der Waals surface area (Å²) < 4.78 is 48.7. The molecule has 1 aromatic rings. The lowest BCUT2D eigenvalue weighted by Crippen LogP contribution is -2.46. The summed E-state index contributed by atoms with van der Waals surface area (Å²) in [5, 5.41) is 10.6. The van der Waals surface area contributed by atoms with Gasteiger partial charge in [0.05, 0.1) is 30.5 Å². The van der Waals surface area contributed by atoms with Crippen LogP contribution in [0.2, 0.25) is 0 Å². The summed E-state index contributed by atoms with van der Waals surface area (Å²) in [4.78, 5) is 24.1. The van der Waals surface area contributed by atoms with Crippen molar-refractivity contribution in [2.75, 3.05) is 14.2 Å². The summed E-state index contributed by atoms with van der Waals surface area (Å²) in [5.74, 6) is 0.208. The largest absolute Gasteiger partial charge is 0.508 e. The zero-order valence-corrected chi connectivity index (χ0v) is 29.6. The number of aliphatic hydroxyl groups is 1. The van der Waals surface area contributed by atoms with Gasteiger partial charge in [-0.25, -0.2) is 18.0 Å². The minimum Gasteiger partial charge on any atom is -0.438 e. The molecular formula is C37H52O9S. The van der Waals surface area contributed by atoms with Crippen molar-refractivity contribution in [3.63, 3.8) is 0 Å². The lowest BCUT2D eigenvalue weighted by Gasteiger charge is -2.45. The Bertz CT molecular complexity index is 1460. The molecule has 0 aliphatic heterocycles. The van der Waals surface area contributed by atoms with Crippen LogP contribution in [0.1, 0.15) is 79.6 Å². The summed E-state index contributed by atoms with van der Waals surface area (Å²) in [6.45, 7) is 10.2. The fraction of sp³-hybridized carbons (Fsp3) is 0.622. The number of hydrogen-bond donors (Lipinski definition) is 1. The number of ether oxygens (including phenoxy) is 4. The molecule has 1 fully saturated rings. The maximum atomic E-state index is 14.1. The van der Waals surface area contributed by atoms with E-state index in [0.29, 0.717) is 19.3 Å². The highest BCUT2D eigenvalue weighted by molar-refractivity contribution is 7.92. The van der Waals surface area contributed by atoms with E-state index < -0.39 is 45.7 Å². The molecule has 0 bridgehead atoms. The number of aliphatic hydroxyl groups excluding tert-OH is 1. The van der Waals surface area contributed by atoms with Gasteiger partial charge in [-0.05, 0) is 97.0 Å². The van der Waals surface area contributed by atoms with E-state index in [1.165, 1.54) is 19.8 Å². The SMILES string of the molecule is COC(=O)O[C@@H]1CC(/C=C\C2=CCC[C@]3(C)[C@@H]([C@H](C)C(C(O)CC(C)C)S(=O)(=O)c4ccccc4)CC[C@@H]23)=C(C)[C@@H](OC(=O)OC)C1. The van der Waals surface area contributed by atoms with Gasteiger partial charge in [0.15, 0.2) is 9.84 Å². The van der Waals surface area contributed by atoms with Crippen LogP contribution in [-0.4, -0.2) is 63.6 Å². The number of allylic oxidation sites excluding steroid dienone is 4. The average Bonchev–Trinajstić information content (AvgIpc) is 3.39. The van der Waals surface area contributed by atoms with Gasteiger partial charge in [0.1, 0.15) is 12.2 Å². The third-order valence-electron chi connectivity index (χ3n) is 10.8. The van der Waals surface area contributed by atoms with Gasteiger partial charge in [0, 0.05) is 12.8 Å². The molecule has 1 N–H and O–H groups in total. The highest BCUT2D eigenvalue weighted by Gasteiger charge is 2.54. The van der Waals surface area contributed by atoms with Crippen molar-refractivity contribution in [2.45, 2.75) is 108 Å². The van der Waals surface area contributed by atoms with Gasteiger partial charge < -0.3 is 24.1 Å². The zero-order valence-electron chi connectivity index (χ0n) is 28.8. The molecule has 1 saturated carbocycles. The Morgan fingerprint density at radius 3 is 2.32 bits per heavy atom. The van der Waals surface area contributed by atoms with Gasteiger partial charge in [0.2, 0.25) is 0 Å². The summed E-state index contributed by atoms with van der Waals surface area (Å²) >= 11 is 0. The Balaban J connectivity index is 1.61. The standard InChI is InChI=1S/C37H52O9S/c1-23(2)20-32(38)34(47(41,42)29-13-9-8-10-14-29)25(4)30-17-18-31-26(12-11-19-37(30,31)5)15-16-27-21-28(45-35(39)43-6)22-33(24(27)3)46-36(40)44-7/h8-10,12-16,23,25,28,30-34,38H,11,17-22H2,1-7H3/b16-15-/t25-,28+,30+,31-,32?,33-,34?,37+/m0/s1. The van der Waals surface area contributed by atoms with Crippen molar-refractivity contribution < 1.29 is 42.1 Å². The quantitative estimate of drug-likeness (QED) is 0.237. The molecule has 3 aliphatic carbocycles. The maximum absolute atomic E-state index is 14.1. The monoisotopic (exact) mass is 672 g/mol. The summed E-state index contributed by atoms with van der Waals surface area (Å²) in [6.07, 6.45) is 7.43. The number of benzene rings is 1. The fourth-order valence-corrected chi connectivity index (χ4v) is 10.6. The van der Waals surface area contributed by atoms with Gasteiger partial charge in [-0.2, -0.15) is 0 Å². The van der Waals surface area contributed by atoms with E-state index in [1.807, 2.05) is 33.8 Å². The van der Waals surface area contributed by atoms with E-state index in [-0.39, 0.29) is 34.0 Å². The predicted octanol–water partition coefficient (Wildman–Crippen LogP) is 7.59. The van der Waals surface area contributed by atoms with Gasteiger partial charge in [-0.3, -0.25) is 0 Å². The highest BCUT2D eigenvalue weighted by atomic mass is 32.2. The first-order chi connectivity index (χ1) is 22.2. The Hall–Kier alpha value is -3.11. The van der Waals surface area contributed by atoms with Crippen LogP contribution >= 0.6 is 0 Å². The zero-order chi connectivity index (χ0) is 34.5. The van der Waals surface area contributed by atoms with E-state index in [4.69, 9.17) is 18.9 Å². The molecule has 4 rings (SSSR count). The second-order valence-electron chi connectivity index (χ2n) is 14.1. The van der Waals surface area contributed by atoms with Gasteiger partial charge >= 0.3 is 12.3 Å². The van der Waals surface area contributed by atoms with Crippen LogP contribution in [0.3, 0.4) is 0 Å². The van der Waals surface area contributed by atoms with Crippen LogP contribution in [0.25, 0.3) is 0 Å². The third-order valence-corrected chi connectivity index (χ3v) is 13.2. The molecular weight excluding hydrogens is 620 g/mol. The number of fused-ring (bicyclic) bond motifs is 1. The predicted molar refractivity (Wildman–Crippen MR) is 179 cm³/mol. The Labute approximate surface area is 280 Å². The van der Waals surface area contributed by atoms with Crippen molar-refractivity contribution in [1.29, 1.82) is 0 Å². The van der Waals surface area contributed by atoms with Gasteiger partial charge in [0.25, 0.3) is 0 Å². The van der Waals surface area contributed by atoms with Crippen molar-refractivity contribution in [2.24, 2.45) is 29.1 Å². The van der Waals surface area contributed by atoms with E-state index in [9.17, 15) is 23.1 Å². The Kier molecular flexibility index (Phi) is 12.0. The van der Waals surface area contributed by atoms with E-state index in [2.05, 4.69) is 19.1 Å². The first-order valence-corrected chi connectivity index (χ1v) is 18.3. The number of carbonyl (C=O) groups is 2. The number of rotatable bonds is 11. The molecule has 0 amide bonds. The second-order valence-corrected chi connectivity index (χ2v) is 16.2. The lowest BCUT2D eigenvalue weighted by molar-refractivity contribution is -0.00219. The molecule has 0 saturated heterocycles. The normalized spacial score (nSPS) is 28.3. The van der Waals surface area contributed by atoms with Gasteiger partial charge in [-0.1, -0.05) is 64.1 Å². The smallest absolute Gasteiger partial charge is 0.438 e. The molecule has 1 aromatic carbocycles. The summed E-state index contributed by atoms with van der Waals surface area (Å²) in [5.41, 5.74) is 2.81. The molecule has 2 unspecified atom stereocenters. The first-order valence-electron chi connectivity index (χ1n) is 16.8. The number of sulfone groups is 1. The van der Waals surface area contributed by atoms with Crippen LogP contribution < -0.4 is 0 Å². The Morgan fingerprint density at radius 2 is 1.68 bits per heavy atom. The molecule has 0 heterocycles. The first kappa shape index (κ1) is 36.7. The van der Waals surface area contributed by atoms with Crippen molar-refractivity contribution in [3.8, 4) is 0 Å². The molecule has 3 aliphatic rings. The average molecular weight is 673 g/mol. The number of methoxy groups -OCH3 is 2. The number of carbonyl (C=O) groups excluding carboxylic acids is 2. The van der Waals surface area contributed by atoms with Crippen LogP contribution in [0, 0.1) is 29.1 Å².